The third-order valence-electron chi connectivity index (χ3n) is 1.20. The number of rotatable bonds is 4. The van der Waals surface area contributed by atoms with E-state index in [1.165, 1.54) is 6.92 Å². The minimum Gasteiger partial charge on any atom is -0.480 e. The Labute approximate surface area is 75.2 Å². The van der Waals surface area contributed by atoms with Crippen molar-refractivity contribution in [3.8, 4) is 0 Å². The number of carboxylic acids is 1. The topological polar surface area (TPSA) is 86.6 Å². The maximum Gasteiger partial charge on any atom is 0.322 e. The third kappa shape index (κ3) is 3.59. The van der Waals surface area contributed by atoms with E-state index in [0.29, 0.717) is 0 Å². The van der Waals surface area contributed by atoms with Crippen molar-refractivity contribution in [2.24, 2.45) is 0 Å². The van der Waals surface area contributed by atoms with Gasteiger partial charge in [-0.2, -0.15) is 12.6 Å². The van der Waals surface area contributed by atoms with E-state index in [9.17, 15) is 9.59 Å². The van der Waals surface area contributed by atoms with Crippen LogP contribution in [0, 0.1) is 0 Å². The lowest BCUT2D eigenvalue weighted by atomic mass is 10.1. The monoisotopic (exact) mass is 193 g/mol. The number of nitrogens with one attached hydrogen (secondary N) is 1. The molecule has 0 radical (unpaired) electrons. The average Bonchev–Trinajstić information content (AvgIpc) is 2.00. The van der Waals surface area contributed by atoms with Gasteiger partial charge in [-0.3, -0.25) is 9.59 Å². The molecule has 0 aliphatic rings. The summed E-state index contributed by atoms with van der Waals surface area (Å²) in [5, 5.41) is 18.9. The fourth-order valence-electron chi connectivity index (χ4n) is 0.418. The van der Waals surface area contributed by atoms with Gasteiger partial charge in [0.1, 0.15) is 11.3 Å². The lowest BCUT2D eigenvalue weighted by Crippen LogP contribution is -2.44. The van der Waals surface area contributed by atoms with E-state index in [0.717, 1.165) is 0 Å². The van der Waals surface area contributed by atoms with Crippen molar-refractivity contribution in [2.75, 3.05) is 13.2 Å². The molecule has 3 N–H and O–H groups in total. The molecule has 0 rings (SSSR count). The van der Waals surface area contributed by atoms with Crippen LogP contribution in [0.4, 0.5) is 0 Å². The van der Waals surface area contributed by atoms with Crippen LogP contribution < -0.4 is 5.32 Å². The molecule has 70 valence electrons. The number of hydrogen-bond acceptors (Lipinski definition) is 4. The van der Waals surface area contributed by atoms with Crippen LogP contribution in [-0.4, -0.2) is 40.0 Å². The number of amides is 1. The molecule has 1 unspecified atom stereocenters. The van der Waals surface area contributed by atoms with Gasteiger partial charge in [0.2, 0.25) is 5.91 Å². The molecule has 0 saturated carbocycles. The van der Waals surface area contributed by atoms with Crippen LogP contribution in [0.15, 0.2) is 0 Å². The number of carbonyl (C=O) groups is 2. The summed E-state index contributed by atoms with van der Waals surface area (Å²) in [6, 6.07) is 0. The highest BCUT2D eigenvalue weighted by Gasteiger charge is 2.27. The van der Waals surface area contributed by atoms with Gasteiger partial charge in [0.25, 0.3) is 0 Å². The van der Waals surface area contributed by atoms with Crippen LogP contribution in [0.3, 0.4) is 0 Å². The summed E-state index contributed by atoms with van der Waals surface area (Å²) in [6.07, 6.45) is 0. The minimum atomic E-state index is -1.23. The second-order valence-corrected chi connectivity index (χ2v) is 3.50. The summed E-state index contributed by atoms with van der Waals surface area (Å²) in [4.78, 5) is 21.0. The lowest BCUT2D eigenvalue weighted by Gasteiger charge is -2.18. The average molecular weight is 193 g/mol. The Kier molecular flexibility index (Phi) is 4.05. The third-order valence-corrected chi connectivity index (χ3v) is 1.54. The van der Waals surface area contributed by atoms with Crippen LogP contribution in [0.5, 0.6) is 0 Å². The van der Waals surface area contributed by atoms with Crippen molar-refractivity contribution in [1.82, 2.24) is 5.32 Å². The second kappa shape index (κ2) is 4.32. The van der Waals surface area contributed by atoms with E-state index in [-0.39, 0.29) is 0 Å². The largest absolute Gasteiger partial charge is 0.480 e. The zero-order valence-electron chi connectivity index (χ0n) is 6.57. The summed E-state index contributed by atoms with van der Waals surface area (Å²) in [5.74, 6) is -1.74. The van der Waals surface area contributed by atoms with E-state index in [1.54, 1.807) is 0 Å². The summed E-state index contributed by atoms with van der Waals surface area (Å²) < 4.78 is -1.23. The van der Waals surface area contributed by atoms with Crippen molar-refractivity contribution >= 4 is 24.5 Å². The SMILES string of the molecule is CC(S)(CO)C(=O)NCC(=O)O. The number of aliphatic hydroxyl groups is 1. The summed E-state index contributed by atoms with van der Waals surface area (Å²) >= 11 is 3.83. The molecule has 5 nitrogen and oxygen atoms in total. The smallest absolute Gasteiger partial charge is 0.322 e. The first-order chi connectivity index (χ1) is 5.40. The fraction of sp³-hybridized carbons (Fsp3) is 0.667. The highest BCUT2D eigenvalue weighted by Crippen LogP contribution is 2.11. The predicted octanol–water partition coefficient (Wildman–Crippen LogP) is -1.13. The van der Waals surface area contributed by atoms with Gasteiger partial charge < -0.3 is 15.5 Å². The van der Waals surface area contributed by atoms with Gasteiger partial charge >= 0.3 is 5.97 Å². The van der Waals surface area contributed by atoms with E-state index in [1.807, 2.05) is 0 Å². The van der Waals surface area contributed by atoms with Crippen LogP contribution in [0.1, 0.15) is 6.92 Å². The van der Waals surface area contributed by atoms with E-state index >= 15 is 0 Å². The number of hydrogen-bond donors (Lipinski definition) is 4. The molecule has 1 atom stereocenters. The number of thiol groups is 1. The molecule has 0 aromatic carbocycles. The number of aliphatic hydroxyl groups excluding tert-OH is 1. The Balaban J connectivity index is 3.96. The van der Waals surface area contributed by atoms with Crippen molar-refractivity contribution in [1.29, 1.82) is 0 Å². The molecular formula is C6H11NO4S. The second-order valence-electron chi connectivity index (χ2n) is 2.51. The molecule has 0 aromatic heterocycles. The molecule has 12 heavy (non-hydrogen) atoms. The van der Waals surface area contributed by atoms with Crippen molar-refractivity contribution in [2.45, 2.75) is 11.7 Å². The molecule has 0 heterocycles. The van der Waals surface area contributed by atoms with E-state index in [4.69, 9.17) is 10.2 Å². The first-order valence-corrected chi connectivity index (χ1v) is 3.68. The van der Waals surface area contributed by atoms with Crippen LogP contribution in [0.2, 0.25) is 0 Å². The Hall–Kier alpha value is -0.750. The highest BCUT2D eigenvalue weighted by molar-refractivity contribution is 7.82. The molecule has 0 aliphatic heterocycles. The lowest BCUT2D eigenvalue weighted by molar-refractivity contribution is -0.138. The van der Waals surface area contributed by atoms with Crippen LogP contribution in [0.25, 0.3) is 0 Å². The maximum atomic E-state index is 11.0. The van der Waals surface area contributed by atoms with Crippen molar-refractivity contribution < 1.29 is 19.8 Å². The molecular weight excluding hydrogens is 182 g/mol. The molecule has 1 amide bonds. The zero-order chi connectivity index (χ0) is 9.78. The van der Waals surface area contributed by atoms with Crippen LogP contribution >= 0.6 is 12.6 Å². The zero-order valence-corrected chi connectivity index (χ0v) is 7.47. The van der Waals surface area contributed by atoms with Gasteiger partial charge in [0.15, 0.2) is 0 Å². The molecule has 0 saturated heterocycles. The predicted molar refractivity (Wildman–Crippen MR) is 45.1 cm³/mol. The molecule has 6 heteroatoms. The molecule has 0 aliphatic carbocycles. The quantitative estimate of drug-likeness (QED) is 0.425. The maximum absolute atomic E-state index is 11.0. The summed E-state index contributed by atoms with van der Waals surface area (Å²) in [7, 11) is 0. The Morgan fingerprint density at radius 1 is 1.58 bits per heavy atom. The van der Waals surface area contributed by atoms with Crippen molar-refractivity contribution in [3.63, 3.8) is 0 Å². The minimum absolute atomic E-state index is 0.443. The molecule has 0 fully saturated rings. The van der Waals surface area contributed by atoms with E-state index < -0.39 is 29.8 Å². The van der Waals surface area contributed by atoms with Crippen molar-refractivity contribution in [3.05, 3.63) is 0 Å². The number of carbonyl (C=O) groups excluding carboxylic acids is 1. The van der Waals surface area contributed by atoms with Crippen LogP contribution in [-0.2, 0) is 9.59 Å². The van der Waals surface area contributed by atoms with Gasteiger partial charge in [-0.15, -0.1) is 0 Å². The van der Waals surface area contributed by atoms with Gasteiger partial charge in [0.05, 0.1) is 6.61 Å². The normalized spacial score (nSPS) is 14.9. The Bertz CT molecular complexity index is 192. The molecule has 0 aromatic rings. The first-order valence-electron chi connectivity index (χ1n) is 3.23. The first kappa shape index (κ1) is 11.2. The standard InChI is InChI=1S/C6H11NO4S/c1-6(12,3-8)5(11)7-2-4(9)10/h8,12H,2-3H2,1H3,(H,7,11)(H,9,10). The molecule has 0 spiro atoms. The van der Waals surface area contributed by atoms with Gasteiger partial charge in [-0.05, 0) is 6.92 Å². The van der Waals surface area contributed by atoms with Gasteiger partial charge in [-0.1, -0.05) is 0 Å². The highest BCUT2D eigenvalue weighted by atomic mass is 32.1. The Morgan fingerprint density at radius 3 is 2.42 bits per heavy atom. The fourth-order valence-corrected chi connectivity index (χ4v) is 0.497. The van der Waals surface area contributed by atoms with E-state index in [2.05, 4.69) is 17.9 Å². The molecule has 0 bridgehead atoms. The number of carboxylic acid groups (broad SMARTS) is 1. The number of aliphatic carboxylic acids is 1. The van der Waals surface area contributed by atoms with Gasteiger partial charge in [0, 0.05) is 0 Å². The van der Waals surface area contributed by atoms with Gasteiger partial charge in [-0.25, -0.2) is 0 Å². The Morgan fingerprint density at radius 2 is 2.08 bits per heavy atom. The summed E-state index contributed by atoms with van der Waals surface area (Å²) in [5.41, 5.74) is 0. The summed E-state index contributed by atoms with van der Waals surface area (Å²) in [6.45, 7) is 0.490.